The molecule has 3 aromatic rings. The number of nitrogens with zero attached hydrogens (tertiary/aromatic N) is 4. The first-order chi connectivity index (χ1) is 9.70. The van der Waals surface area contributed by atoms with Crippen molar-refractivity contribution >= 4 is 22.6 Å². The number of hydrogen-bond acceptors (Lipinski definition) is 2. The molecule has 4 nitrogen and oxygen atoms in total. The number of benzene rings is 1. The second kappa shape index (κ2) is 5.78. The molecule has 1 aromatic carbocycles. The van der Waals surface area contributed by atoms with Crippen molar-refractivity contribution in [1.82, 2.24) is 19.6 Å². The monoisotopic (exact) mass is 378 g/mol. The lowest BCUT2D eigenvalue weighted by molar-refractivity contribution is 0.614. The Balaban J connectivity index is 1.70. The van der Waals surface area contributed by atoms with Crippen LogP contribution in [0.2, 0.25) is 0 Å². The van der Waals surface area contributed by atoms with Crippen molar-refractivity contribution in [3.8, 4) is 11.1 Å². The van der Waals surface area contributed by atoms with Crippen LogP contribution in [0.3, 0.4) is 0 Å². The molecule has 0 atom stereocenters. The first kappa shape index (κ1) is 13.4. The fraction of sp³-hybridized carbons (Fsp3) is 0.200. The second-order valence-corrected chi connectivity index (χ2v) is 6.02. The summed E-state index contributed by atoms with van der Waals surface area (Å²) in [5.74, 6) is 0. The van der Waals surface area contributed by atoms with Crippen LogP contribution in [0.1, 0.15) is 5.56 Å². The lowest BCUT2D eigenvalue weighted by atomic mass is 10.1. The maximum atomic E-state index is 4.43. The zero-order valence-electron chi connectivity index (χ0n) is 11.2. The van der Waals surface area contributed by atoms with Gasteiger partial charge in [0.1, 0.15) is 0 Å². The molecule has 0 bridgehead atoms. The molecule has 0 saturated carbocycles. The van der Waals surface area contributed by atoms with Crippen molar-refractivity contribution < 1.29 is 0 Å². The van der Waals surface area contributed by atoms with Crippen molar-refractivity contribution in [2.45, 2.75) is 13.0 Å². The van der Waals surface area contributed by atoms with Crippen molar-refractivity contribution in [2.24, 2.45) is 7.05 Å². The van der Waals surface area contributed by atoms with E-state index in [0.29, 0.717) is 0 Å². The van der Waals surface area contributed by atoms with Crippen molar-refractivity contribution in [1.29, 1.82) is 0 Å². The molecule has 2 heterocycles. The van der Waals surface area contributed by atoms with Gasteiger partial charge >= 0.3 is 0 Å². The van der Waals surface area contributed by atoms with Gasteiger partial charge in [-0.15, -0.1) is 0 Å². The maximum Gasteiger partial charge on any atom is 0.0568 e. The summed E-state index contributed by atoms with van der Waals surface area (Å²) in [6, 6.07) is 8.45. The Morgan fingerprint density at radius 3 is 2.75 bits per heavy atom. The topological polar surface area (TPSA) is 35.6 Å². The molecule has 0 spiro atoms. The summed E-state index contributed by atoms with van der Waals surface area (Å²) in [4.78, 5) is 0. The van der Waals surface area contributed by atoms with Gasteiger partial charge in [-0.2, -0.15) is 10.2 Å². The highest BCUT2D eigenvalue weighted by molar-refractivity contribution is 14.1. The van der Waals surface area contributed by atoms with Crippen LogP contribution < -0.4 is 0 Å². The van der Waals surface area contributed by atoms with E-state index >= 15 is 0 Å². The number of aryl methyl sites for hydroxylation is 3. The molecule has 0 aliphatic heterocycles. The molecule has 0 amide bonds. The fourth-order valence-corrected chi connectivity index (χ4v) is 2.69. The van der Waals surface area contributed by atoms with E-state index in [2.05, 4.69) is 63.3 Å². The number of halogens is 1. The van der Waals surface area contributed by atoms with E-state index in [4.69, 9.17) is 0 Å². The summed E-state index contributed by atoms with van der Waals surface area (Å²) in [5, 5.41) is 8.61. The SMILES string of the molecule is Cn1cc(CCn2cc(-c3cccc(I)c3)cn2)cn1. The zero-order chi connectivity index (χ0) is 13.9. The largest absolute Gasteiger partial charge is 0.276 e. The van der Waals surface area contributed by atoms with E-state index in [0.717, 1.165) is 18.5 Å². The Hall–Kier alpha value is -1.63. The van der Waals surface area contributed by atoms with Crippen LogP contribution >= 0.6 is 22.6 Å². The Kier molecular flexibility index (Phi) is 3.86. The minimum Gasteiger partial charge on any atom is -0.276 e. The molecule has 102 valence electrons. The standard InChI is InChI=1S/C15H15IN4/c1-19-10-12(8-17-19)5-6-20-11-14(9-18-20)13-3-2-4-15(16)7-13/h2-4,7-11H,5-6H2,1H3. The van der Waals surface area contributed by atoms with E-state index in [-0.39, 0.29) is 0 Å². The van der Waals surface area contributed by atoms with E-state index in [9.17, 15) is 0 Å². The molecular formula is C15H15IN4. The van der Waals surface area contributed by atoms with Crippen LogP contribution in [-0.4, -0.2) is 19.6 Å². The second-order valence-electron chi connectivity index (χ2n) is 4.77. The molecule has 0 N–H and O–H groups in total. The van der Waals surface area contributed by atoms with Crippen LogP contribution in [-0.2, 0) is 20.0 Å². The molecule has 5 heteroatoms. The smallest absolute Gasteiger partial charge is 0.0568 e. The van der Waals surface area contributed by atoms with Crippen molar-refractivity contribution in [3.63, 3.8) is 0 Å². The number of hydrogen-bond donors (Lipinski definition) is 0. The van der Waals surface area contributed by atoms with Gasteiger partial charge in [-0.3, -0.25) is 9.36 Å². The van der Waals surface area contributed by atoms with Gasteiger partial charge in [0.15, 0.2) is 0 Å². The summed E-state index contributed by atoms with van der Waals surface area (Å²) in [6.45, 7) is 0.871. The molecule has 3 rings (SSSR count). The molecule has 0 fully saturated rings. The number of rotatable bonds is 4. The molecule has 20 heavy (non-hydrogen) atoms. The Morgan fingerprint density at radius 2 is 2.00 bits per heavy atom. The molecule has 0 unspecified atom stereocenters. The normalized spacial score (nSPS) is 10.9. The van der Waals surface area contributed by atoms with Gasteiger partial charge in [0.25, 0.3) is 0 Å². The first-order valence-corrected chi connectivity index (χ1v) is 7.54. The lowest BCUT2D eigenvalue weighted by Crippen LogP contribution is -2.00. The first-order valence-electron chi connectivity index (χ1n) is 6.46. The van der Waals surface area contributed by atoms with Gasteiger partial charge < -0.3 is 0 Å². The average molecular weight is 378 g/mol. The fourth-order valence-electron chi connectivity index (χ4n) is 2.15. The summed E-state index contributed by atoms with van der Waals surface area (Å²) in [6.07, 6.45) is 8.92. The van der Waals surface area contributed by atoms with Gasteiger partial charge in [0.2, 0.25) is 0 Å². The van der Waals surface area contributed by atoms with Crippen molar-refractivity contribution in [3.05, 3.63) is 58.2 Å². The van der Waals surface area contributed by atoms with E-state index < -0.39 is 0 Å². The summed E-state index contributed by atoms with van der Waals surface area (Å²) in [7, 11) is 1.94. The zero-order valence-corrected chi connectivity index (χ0v) is 13.4. The van der Waals surface area contributed by atoms with E-state index in [1.54, 1.807) is 0 Å². The quantitative estimate of drug-likeness (QED) is 0.654. The Morgan fingerprint density at radius 1 is 1.10 bits per heavy atom. The maximum absolute atomic E-state index is 4.43. The van der Waals surface area contributed by atoms with Crippen LogP contribution in [0.15, 0.2) is 49.1 Å². The van der Waals surface area contributed by atoms with Crippen LogP contribution in [0, 0.1) is 3.57 Å². The Labute approximate surface area is 131 Å². The summed E-state index contributed by atoms with van der Waals surface area (Å²) >= 11 is 2.33. The molecule has 0 aliphatic carbocycles. The molecule has 0 aliphatic rings. The predicted octanol–water partition coefficient (Wildman–Crippen LogP) is 3.13. The van der Waals surface area contributed by atoms with Gasteiger partial charge in [-0.25, -0.2) is 0 Å². The van der Waals surface area contributed by atoms with Gasteiger partial charge in [0, 0.05) is 35.1 Å². The average Bonchev–Trinajstić information content (AvgIpc) is 3.05. The highest BCUT2D eigenvalue weighted by atomic mass is 127. The third-order valence-corrected chi connectivity index (χ3v) is 3.85. The Bertz CT molecular complexity index is 714. The molecule has 0 radical (unpaired) electrons. The minimum atomic E-state index is 0.871. The predicted molar refractivity (Wildman–Crippen MR) is 87.3 cm³/mol. The summed E-state index contributed by atoms with van der Waals surface area (Å²) in [5.41, 5.74) is 3.61. The number of aromatic nitrogens is 4. The van der Waals surface area contributed by atoms with Crippen LogP contribution in [0.4, 0.5) is 0 Å². The van der Waals surface area contributed by atoms with Crippen molar-refractivity contribution in [2.75, 3.05) is 0 Å². The van der Waals surface area contributed by atoms with Gasteiger partial charge in [0.05, 0.1) is 12.4 Å². The third-order valence-electron chi connectivity index (χ3n) is 3.18. The molecule has 0 saturated heterocycles. The van der Waals surface area contributed by atoms with E-state index in [1.807, 2.05) is 35.0 Å². The molecular weight excluding hydrogens is 363 g/mol. The van der Waals surface area contributed by atoms with Crippen LogP contribution in [0.25, 0.3) is 11.1 Å². The minimum absolute atomic E-state index is 0.871. The molecule has 2 aromatic heterocycles. The van der Waals surface area contributed by atoms with E-state index in [1.165, 1.54) is 14.7 Å². The highest BCUT2D eigenvalue weighted by Crippen LogP contribution is 2.20. The highest BCUT2D eigenvalue weighted by Gasteiger charge is 2.03. The lowest BCUT2D eigenvalue weighted by Gasteiger charge is -1.99. The third kappa shape index (κ3) is 3.09. The van der Waals surface area contributed by atoms with Gasteiger partial charge in [-0.05, 0) is 52.3 Å². The summed E-state index contributed by atoms with van der Waals surface area (Å²) < 4.78 is 5.06. The van der Waals surface area contributed by atoms with Gasteiger partial charge in [-0.1, -0.05) is 12.1 Å². The van der Waals surface area contributed by atoms with Crippen LogP contribution in [0.5, 0.6) is 0 Å².